The number of aliphatic hydroxyl groups is 1. The second-order valence-corrected chi connectivity index (χ2v) is 3.81. The molecule has 0 bridgehead atoms. The van der Waals surface area contributed by atoms with Crippen LogP contribution in [0.3, 0.4) is 0 Å². The van der Waals surface area contributed by atoms with Crippen LogP contribution in [0.2, 0.25) is 0 Å². The molecule has 1 N–H and O–H groups in total. The Labute approximate surface area is 80.3 Å². The summed E-state index contributed by atoms with van der Waals surface area (Å²) in [6.07, 6.45) is 3.60. The number of imidazole rings is 1. The number of hydrogen-bond donors (Lipinski definition) is 1. The van der Waals surface area contributed by atoms with Crippen molar-refractivity contribution in [1.29, 1.82) is 0 Å². The summed E-state index contributed by atoms with van der Waals surface area (Å²) in [7, 11) is 0. The van der Waals surface area contributed by atoms with E-state index in [-0.39, 0.29) is 6.61 Å². The van der Waals surface area contributed by atoms with Crippen LogP contribution in [0.5, 0.6) is 0 Å². The fourth-order valence-corrected chi connectivity index (χ4v) is 1.87. The van der Waals surface area contributed by atoms with E-state index >= 15 is 0 Å². The zero-order valence-corrected chi connectivity index (χ0v) is 7.87. The van der Waals surface area contributed by atoms with E-state index in [2.05, 4.69) is 16.4 Å². The van der Waals surface area contributed by atoms with Crippen molar-refractivity contribution in [2.45, 2.75) is 13.2 Å². The van der Waals surface area contributed by atoms with Crippen LogP contribution in [0.15, 0.2) is 30.0 Å². The van der Waals surface area contributed by atoms with Gasteiger partial charge in [-0.15, -0.1) is 11.3 Å². The SMILES string of the molecule is OCc1cn(Cc2cccs2)cn1. The van der Waals surface area contributed by atoms with Crippen molar-refractivity contribution in [2.24, 2.45) is 0 Å². The van der Waals surface area contributed by atoms with Gasteiger partial charge in [0, 0.05) is 11.1 Å². The molecule has 0 saturated carbocycles. The lowest BCUT2D eigenvalue weighted by molar-refractivity contribution is 0.277. The molecule has 0 unspecified atom stereocenters. The third-order valence-electron chi connectivity index (χ3n) is 1.77. The minimum Gasteiger partial charge on any atom is -0.390 e. The van der Waals surface area contributed by atoms with Crippen LogP contribution in [0.1, 0.15) is 10.6 Å². The van der Waals surface area contributed by atoms with Crippen molar-refractivity contribution in [1.82, 2.24) is 9.55 Å². The van der Waals surface area contributed by atoms with E-state index in [1.807, 2.05) is 16.8 Å². The van der Waals surface area contributed by atoms with E-state index in [1.54, 1.807) is 17.7 Å². The van der Waals surface area contributed by atoms with Gasteiger partial charge < -0.3 is 9.67 Å². The molecular formula is C9H10N2OS. The van der Waals surface area contributed by atoms with Crippen molar-refractivity contribution in [3.8, 4) is 0 Å². The molecule has 0 spiro atoms. The van der Waals surface area contributed by atoms with Crippen LogP contribution in [0.4, 0.5) is 0 Å². The third kappa shape index (κ3) is 1.96. The Morgan fingerprint density at radius 3 is 3.08 bits per heavy atom. The quantitative estimate of drug-likeness (QED) is 0.803. The lowest BCUT2D eigenvalue weighted by atomic mass is 10.4. The largest absolute Gasteiger partial charge is 0.390 e. The van der Waals surface area contributed by atoms with Gasteiger partial charge in [0.05, 0.1) is 25.2 Å². The molecule has 0 aliphatic heterocycles. The fourth-order valence-electron chi connectivity index (χ4n) is 1.16. The second-order valence-electron chi connectivity index (χ2n) is 2.77. The first-order valence-electron chi connectivity index (χ1n) is 4.02. The topological polar surface area (TPSA) is 38.0 Å². The summed E-state index contributed by atoms with van der Waals surface area (Å²) < 4.78 is 1.97. The standard InChI is InChI=1S/C9H10N2OS/c12-6-8-4-11(7-10-8)5-9-2-1-3-13-9/h1-4,7,12H,5-6H2. The van der Waals surface area contributed by atoms with Crippen molar-refractivity contribution >= 4 is 11.3 Å². The zero-order chi connectivity index (χ0) is 9.10. The van der Waals surface area contributed by atoms with Crippen molar-refractivity contribution in [3.05, 3.63) is 40.6 Å². The van der Waals surface area contributed by atoms with Crippen molar-refractivity contribution < 1.29 is 5.11 Å². The van der Waals surface area contributed by atoms with E-state index in [1.165, 1.54) is 4.88 Å². The first-order valence-corrected chi connectivity index (χ1v) is 4.90. The van der Waals surface area contributed by atoms with Crippen LogP contribution in [-0.4, -0.2) is 14.7 Å². The Kier molecular flexibility index (Phi) is 2.42. The van der Waals surface area contributed by atoms with E-state index in [0.29, 0.717) is 0 Å². The molecule has 0 aromatic carbocycles. The average Bonchev–Trinajstić information content (AvgIpc) is 2.76. The summed E-state index contributed by atoms with van der Waals surface area (Å²) >= 11 is 1.72. The smallest absolute Gasteiger partial charge is 0.0953 e. The highest BCUT2D eigenvalue weighted by molar-refractivity contribution is 7.09. The molecule has 0 aliphatic carbocycles. The lowest BCUT2D eigenvalue weighted by Gasteiger charge is -1.96. The Bertz CT molecular complexity index is 367. The maximum absolute atomic E-state index is 8.80. The van der Waals surface area contributed by atoms with Gasteiger partial charge in [0.1, 0.15) is 0 Å². The summed E-state index contributed by atoms with van der Waals surface area (Å²) in [6, 6.07) is 4.12. The molecule has 0 amide bonds. The van der Waals surface area contributed by atoms with Gasteiger partial charge in [-0.25, -0.2) is 4.98 Å². The van der Waals surface area contributed by atoms with E-state index in [0.717, 1.165) is 12.2 Å². The predicted molar refractivity (Wildman–Crippen MR) is 51.6 cm³/mol. The van der Waals surface area contributed by atoms with Crippen LogP contribution < -0.4 is 0 Å². The molecule has 0 aliphatic rings. The van der Waals surface area contributed by atoms with Crippen LogP contribution >= 0.6 is 11.3 Å². The van der Waals surface area contributed by atoms with Crippen LogP contribution in [-0.2, 0) is 13.2 Å². The first kappa shape index (κ1) is 8.47. The molecular weight excluding hydrogens is 184 g/mol. The van der Waals surface area contributed by atoms with Gasteiger partial charge in [0.25, 0.3) is 0 Å². The molecule has 2 rings (SSSR count). The molecule has 2 aromatic heterocycles. The summed E-state index contributed by atoms with van der Waals surface area (Å²) in [5.74, 6) is 0. The Morgan fingerprint density at radius 1 is 1.54 bits per heavy atom. The molecule has 0 fully saturated rings. The van der Waals surface area contributed by atoms with Crippen molar-refractivity contribution in [3.63, 3.8) is 0 Å². The van der Waals surface area contributed by atoms with Gasteiger partial charge in [-0.1, -0.05) is 6.07 Å². The number of nitrogens with zero attached hydrogens (tertiary/aromatic N) is 2. The molecule has 0 radical (unpaired) electrons. The molecule has 2 heterocycles. The van der Waals surface area contributed by atoms with Crippen LogP contribution in [0, 0.1) is 0 Å². The predicted octanol–water partition coefficient (Wildman–Crippen LogP) is 1.49. The molecule has 0 saturated heterocycles. The highest BCUT2D eigenvalue weighted by Gasteiger charge is 1.98. The minimum absolute atomic E-state index is 0.0113. The van der Waals surface area contributed by atoms with Gasteiger partial charge in [-0.3, -0.25) is 0 Å². The number of aliphatic hydroxyl groups excluding tert-OH is 1. The first-order chi connectivity index (χ1) is 6.38. The van der Waals surface area contributed by atoms with Gasteiger partial charge in [-0.2, -0.15) is 0 Å². The molecule has 13 heavy (non-hydrogen) atoms. The third-order valence-corrected chi connectivity index (χ3v) is 2.63. The summed E-state index contributed by atoms with van der Waals surface area (Å²) in [4.78, 5) is 5.33. The normalized spacial score (nSPS) is 10.5. The van der Waals surface area contributed by atoms with Gasteiger partial charge in [0.2, 0.25) is 0 Å². The Balaban J connectivity index is 2.10. The fraction of sp³-hybridized carbons (Fsp3) is 0.222. The highest BCUT2D eigenvalue weighted by Crippen LogP contribution is 2.10. The maximum Gasteiger partial charge on any atom is 0.0953 e. The second kappa shape index (κ2) is 3.72. The average molecular weight is 194 g/mol. The number of thiophene rings is 1. The zero-order valence-electron chi connectivity index (χ0n) is 7.05. The maximum atomic E-state index is 8.80. The van der Waals surface area contributed by atoms with E-state index < -0.39 is 0 Å². The highest BCUT2D eigenvalue weighted by atomic mass is 32.1. The van der Waals surface area contributed by atoms with Crippen molar-refractivity contribution in [2.75, 3.05) is 0 Å². The van der Waals surface area contributed by atoms with E-state index in [4.69, 9.17) is 5.11 Å². The Hall–Kier alpha value is -1.13. The number of hydrogen-bond acceptors (Lipinski definition) is 3. The lowest BCUT2D eigenvalue weighted by Crippen LogP contribution is -1.93. The van der Waals surface area contributed by atoms with Crippen LogP contribution in [0.25, 0.3) is 0 Å². The summed E-state index contributed by atoms with van der Waals surface area (Å²) in [6.45, 7) is 0.849. The van der Waals surface area contributed by atoms with Gasteiger partial charge in [-0.05, 0) is 11.4 Å². The van der Waals surface area contributed by atoms with E-state index in [9.17, 15) is 0 Å². The molecule has 2 aromatic rings. The molecule has 0 atom stereocenters. The molecule has 68 valence electrons. The number of aromatic nitrogens is 2. The summed E-state index contributed by atoms with van der Waals surface area (Å²) in [5.41, 5.74) is 0.719. The molecule has 4 heteroatoms. The molecule has 3 nitrogen and oxygen atoms in total. The minimum atomic E-state index is 0.0113. The monoisotopic (exact) mass is 194 g/mol. The summed E-state index contributed by atoms with van der Waals surface area (Å²) in [5, 5.41) is 10.9. The van der Waals surface area contributed by atoms with Gasteiger partial charge >= 0.3 is 0 Å². The number of rotatable bonds is 3. The van der Waals surface area contributed by atoms with Gasteiger partial charge in [0.15, 0.2) is 0 Å². The Morgan fingerprint density at radius 2 is 2.46 bits per heavy atom.